The molecular formula is C10H7F4NOS. The van der Waals surface area contributed by atoms with Crippen molar-refractivity contribution in [3.8, 4) is 0 Å². The van der Waals surface area contributed by atoms with Crippen LogP contribution in [0.5, 0.6) is 0 Å². The molecule has 1 heterocycles. The number of halogens is 4. The fourth-order valence-corrected chi connectivity index (χ4v) is 1.96. The van der Waals surface area contributed by atoms with Crippen LogP contribution < -0.4 is 5.32 Å². The highest BCUT2D eigenvalue weighted by Gasteiger charge is 2.26. The first-order chi connectivity index (χ1) is 8.00. The predicted octanol–water partition coefficient (Wildman–Crippen LogP) is 2.09. The Morgan fingerprint density at radius 2 is 1.82 bits per heavy atom. The van der Waals surface area contributed by atoms with Gasteiger partial charge in [-0.15, -0.1) is 0 Å². The van der Waals surface area contributed by atoms with Crippen LogP contribution in [0, 0.1) is 23.3 Å². The van der Waals surface area contributed by atoms with E-state index in [1.807, 2.05) is 0 Å². The lowest BCUT2D eigenvalue weighted by molar-refractivity contribution is 0.0936. The van der Waals surface area contributed by atoms with Gasteiger partial charge >= 0.3 is 0 Å². The van der Waals surface area contributed by atoms with E-state index in [0.29, 0.717) is 17.6 Å². The summed E-state index contributed by atoms with van der Waals surface area (Å²) in [6, 6.07) is 0.220. The topological polar surface area (TPSA) is 29.1 Å². The Morgan fingerprint density at radius 1 is 1.18 bits per heavy atom. The monoisotopic (exact) mass is 265 g/mol. The van der Waals surface area contributed by atoms with E-state index in [4.69, 9.17) is 0 Å². The van der Waals surface area contributed by atoms with Crippen LogP contribution in [0.15, 0.2) is 6.07 Å². The highest BCUT2D eigenvalue weighted by Crippen LogP contribution is 2.21. The lowest BCUT2D eigenvalue weighted by atomic mass is 10.1. The summed E-state index contributed by atoms with van der Waals surface area (Å²) in [7, 11) is 0. The van der Waals surface area contributed by atoms with Crippen molar-refractivity contribution in [1.29, 1.82) is 0 Å². The number of hydrogen-bond acceptors (Lipinski definition) is 2. The smallest absolute Gasteiger partial charge is 0.254 e. The van der Waals surface area contributed by atoms with Crippen molar-refractivity contribution in [3.63, 3.8) is 0 Å². The molecule has 2 nitrogen and oxygen atoms in total. The van der Waals surface area contributed by atoms with Crippen molar-refractivity contribution in [2.24, 2.45) is 0 Å². The van der Waals surface area contributed by atoms with E-state index in [9.17, 15) is 22.4 Å². The van der Waals surface area contributed by atoms with Crippen molar-refractivity contribution in [1.82, 2.24) is 5.32 Å². The lowest BCUT2D eigenvalue weighted by Gasteiger charge is -2.25. The summed E-state index contributed by atoms with van der Waals surface area (Å²) in [5.41, 5.74) is -0.821. The molecule has 1 saturated heterocycles. The average Bonchev–Trinajstić information content (AvgIpc) is 2.25. The molecule has 0 radical (unpaired) electrons. The summed E-state index contributed by atoms with van der Waals surface area (Å²) in [6.07, 6.45) is 0. The van der Waals surface area contributed by atoms with E-state index in [0.717, 1.165) is 0 Å². The molecule has 1 N–H and O–H groups in total. The second-order valence-corrected chi connectivity index (χ2v) is 4.63. The highest BCUT2D eigenvalue weighted by atomic mass is 32.2. The van der Waals surface area contributed by atoms with Crippen LogP contribution in [0.2, 0.25) is 0 Å². The Bertz CT molecular complexity index is 476. The molecule has 92 valence electrons. The Morgan fingerprint density at radius 3 is 2.35 bits per heavy atom. The van der Waals surface area contributed by atoms with Gasteiger partial charge < -0.3 is 5.32 Å². The number of amides is 1. The summed E-state index contributed by atoms with van der Waals surface area (Å²) in [4.78, 5) is 11.5. The molecule has 0 aromatic heterocycles. The maximum atomic E-state index is 13.2. The van der Waals surface area contributed by atoms with E-state index in [1.54, 1.807) is 11.8 Å². The minimum atomic E-state index is -1.97. The van der Waals surface area contributed by atoms with Gasteiger partial charge in [0, 0.05) is 17.5 Å². The quantitative estimate of drug-likeness (QED) is 0.504. The van der Waals surface area contributed by atoms with Crippen LogP contribution in [-0.2, 0) is 0 Å². The molecule has 1 fully saturated rings. The number of nitrogens with one attached hydrogen (secondary N) is 1. The van der Waals surface area contributed by atoms with E-state index < -0.39 is 34.7 Å². The molecular weight excluding hydrogens is 258 g/mol. The Balaban J connectivity index is 2.28. The van der Waals surface area contributed by atoms with E-state index in [-0.39, 0.29) is 6.04 Å². The van der Waals surface area contributed by atoms with Crippen molar-refractivity contribution >= 4 is 17.7 Å². The van der Waals surface area contributed by atoms with Gasteiger partial charge in [0.05, 0.1) is 5.56 Å². The van der Waals surface area contributed by atoms with Crippen molar-refractivity contribution < 1.29 is 22.4 Å². The number of thioether (sulfide) groups is 1. The summed E-state index contributed by atoms with van der Waals surface area (Å²) >= 11 is 1.58. The van der Waals surface area contributed by atoms with Crippen molar-refractivity contribution in [2.45, 2.75) is 6.04 Å². The van der Waals surface area contributed by atoms with Gasteiger partial charge in [-0.05, 0) is 6.07 Å². The zero-order valence-electron chi connectivity index (χ0n) is 8.40. The van der Waals surface area contributed by atoms with E-state index in [1.165, 1.54) is 0 Å². The average molecular weight is 265 g/mol. The van der Waals surface area contributed by atoms with Crippen LogP contribution in [0.4, 0.5) is 17.6 Å². The van der Waals surface area contributed by atoms with E-state index >= 15 is 0 Å². The van der Waals surface area contributed by atoms with Crippen molar-refractivity contribution in [2.75, 3.05) is 11.5 Å². The molecule has 0 bridgehead atoms. The molecule has 7 heteroatoms. The second kappa shape index (κ2) is 4.56. The molecule has 1 aromatic rings. The second-order valence-electron chi connectivity index (χ2n) is 3.56. The van der Waals surface area contributed by atoms with Gasteiger partial charge in [0.25, 0.3) is 5.91 Å². The Labute approximate surface area is 98.4 Å². The summed E-state index contributed by atoms with van der Waals surface area (Å²) in [6.45, 7) is 0. The van der Waals surface area contributed by atoms with Gasteiger partial charge in [-0.25, -0.2) is 17.6 Å². The number of hydrogen-bond donors (Lipinski definition) is 1. The molecule has 0 spiro atoms. The number of carbonyl (C=O) groups is 1. The maximum absolute atomic E-state index is 13.2. The van der Waals surface area contributed by atoms with Gasteiger partial charge in [0.2, 0.25) is 0 Å². The normalized spacial score (nSPS) is 15.5. The first-order valence-electron chi connectivity index (χ1n) is 4.72. The SMILES string of the molecule is O=C(NC1CSC1)c1cc(F)c(F)c(F)c1F. The zero-order valence-corrected chi connectivity index (χ0v) is 9.21. The third kappa shape index (κ3) is 2.24. The minimum absolute atomic E-state index is 0.136. The summed E-state index contributed by atoms with van der Waals surface area (Å²) < 4.78 is 51.6. The molecule has 1 aliphatic heterocycles. The molecule has 1 amide bonds. The van der Waals surface area contributed by atoms with Gasteiger partial charge in [-0.2, -0.15) is 11.8 Å². The maximum Gasteiger partial charge on any atom is 0.254 e. The fraction of sp³-hybridized carbons (Fsp3) is 0.300. The standard InChI is InChI=1S/C10H7F4NOS/c11-6-1-5(7(12)9(14)8(6)13)10(16)15-4-2-17-3-4/h1,4H,2-3H2,(H,15,16). The molecule has 0 atom stereocenters. The van der Waals surface area contributed by atoms with Crippen LogP contribution in [0.1, 0.15) is 10.4 Å². The highest BCUT2D eigenvalue weighted by molar-refractivity contribution is 8.00. The Hall–Kier alpha value is -1.24. The van der Waals surface area contributed by atoms with Gasteiger partial charge in [-0.1, -0.05) is 0 Å². The van der Waals surface area contributed by atoms with Crippen LogP contribution in [-0.4, -0.2) is 23.5 Å². The third-order valence-electron chi connectivity index (χ3n) is 2.32. The predicted molar refractivity (Wildman–Crippen MR) is 54.9 cm³/mol. The number of carbonyl (C=O) groups excluding carboxylic acids is 1. The van der Waals surface area contributed by atoms with Gasteiger partial charge in [0.1, 0.15) is 0 Å². The van der Waals surface area contributed by atoms with Crippen LogP contribution in [0.3, 0.4) is 0 Å². The fourth-order valence-electron chi connectivity index (χ4n) is 1.32. The summed E-state index contributed by atoms with van der Waals surface area (Å²) in [5.74, 6) is -6.76. The van der Waals surface area contributed by atoms with Crippen LogP contribution in [0.25, 0.3) is 0 Å². The molecule has 1 aliphatic rings. The molecule has 17 heavy (non-hydrogen) atoms. The number of rotatable bonds is 2. The lowest BCUT2D eigenvalue weighted by Crippen LogP contribution is -2.44. The Kier molecular flexibility index (Phi) is 3.28. The largest absolute Gasteiger partial charge is 0.348 e. The van der Waals surface area contributed by atoms with Gasteiger partial charge in [0.15, 0.2) is 23.3 Å². The number of benzene rings is 1. The zero-order chi connectivity index (χ0) is 12.6. The third-order valence-corrected chi connectivity index (χ3v) is 3.60. The first kappa shape index (κ1) is 12.2. The molecule has 0 unspecified atom stereocenters. The molecule has 0 saturated carbocycles. The minimum Gasteiger partial charge on any atom is -0.348 e. The first-order valence-corrected chi connectivity index (χ1v) is 5.87. The molecule has 1 aromatic carbocycles. The van der Waals surface area contributed by atoms with Crippen LogP contribution >= 0.6 is 11.8 Å². The molecule has 0 aliphatic carbocycles. The van der Waals surface area contributed by atoms with Gasteiger partial charge in [-0.3, -0.25) is 4.79 Å². The molecule has 2 rings (SSSR count). The van der Waals surface area contributed by atoms with Crippen molar-refractivity contribution in [3.05, 3.63) is 34.9 Å². The van der Waals surface area contributed by atoms with E-state index in [2.05, 4.69) is 5.32 Å². The summed E-state index contributed by atoms with van der Waals surface area (Å²) in [5, 5.41) is 2.39.